The van der Waals surface area contributed by atoms with Gasteiger partial charge in [-0.25, -0.2) is 14.2 Å². The largest absolute Gasteiger partial charge is 0.497 e. The molecular formula is C27H27FN2O3S. The maximum absolute atomic E-state index is 14.0. The zero-order valence-electron chi connectivity index (χ0n) is 19.5. The summed E-state index contributed by atoms with van der Waals surface area (Å²) in [6, 6.07) is 18.8. The van der Waals surface area contributed by atoms with Crippen molar-refractivity contribution in [1.29, 1.82) is 0 Å². The lowest BCUT2D eigenvalue weighted by molar-refractivity contribution is 0.0526. The molecule has 34 heavy (non-hydrogen) atoms. The van der Waals surface area contributed by atoms with Crippen molar-refractivity contribution in [3.8, 4) is 5.75 Å². The van der Waals surface area contributed by atoms with E-state index in [0.29, 0.717) is 30.0 Å². The van der Waals surface area contributed by atoms with Gasteiger partial charge in [0.2, 0.25) is 0 Å². The van der Waals surface area contributed by atoms with Gasteiger partial charge in [-0.15, -0.1) is 0 Å². The van der Waals surface area contributed by atoms with E-state index < -0.39 is 0 Å². The molecule has 5 nitrogen and oxygen atoms in total. The normalized spacial score (nSPS) is 11.1. The van der Waals surface area contributed by atoms with Crippen LogP contribution >= 0.6 is 11.8 Å². The van der Waals surface area contributed by atoms with Crippen molar-refractivity contribution >= 4 is 28.8 Å². The number of thioether (sulfide) groups is 1. The van der Waals surface area contributed by atoms with Crippen molar-refractivity contribution in [1.82, 2.24) is 9.55 Å². The quantitative estimate of drug-likeness (QED) is 0.212. The van der Waals surface area contributed by atoms with Gasteiger partial charge >= 0.3 is 5.97 Å². The van der Waals surface area contributed by atoms with Crippen LogP contribution in [0.2, 0.25) is 0 Å². The van der Waals surface area contributed by atoms with Crippen LogP contribution in [-0.2, 0) is 23.5 Å². The Bertz CT molecular complexity index is 1300. The predicted molar refractivity (Wildman–Crippen MR) is 133 cm³/mol. The van der Waals surface area contributed by atoms with Crippen molar-refractivity contribution in [2.75, 3.05) is 13.7 Å². The van der Waals surface area contributed by atoms with E-state index in [1.807, 2.05) is 24.3 Å². The fourth-order valence-corrected chi connectivity index (χ4v) is 4.67. The van der Waals surface area contributed by atoms with E-state index in [2.05, 4.69) is 16.7 Å². The van der Waals surface area contributed by atoms with Crippen molar-refractivity contribution in [2.24, 2.45) is 0 Å². The minimum Gasteiger partial charge on any atom is -0.497 e. The molecule has 4 rings (SSSR count). The number of halogens is 1. The smallest absolute Gasteiger partial charge is 0.338 e. The third kappa shape index (κ3) is 5.42. The average Bonchev–Trinajstić information content (AvgIpc) is 3.20. The topological polar surface area (TPSA) is 53.3 Å². The summed E-state index contributed by atoms with van der Waals surface area (Å²) < 4.78 is 26.6. The van der Waals surface area contributed by atoms with Crippen LogP contribution in [0.15, 0.2) is 65.8 Å². The highest BCUT2D eigenvalue weighted by atomic mass is 32.2. The highest BCUT2D eigenvalue weighted by Crippen LogP contribution is 2.29. The van der Waals surface area contributed by atoms with Gasteiger partial charge in [0, 0.05) is 12.3 Å². The fourth-order valence-electron chi connectivity index (χ4n) is 3.68. The van der Waals surface area contributed by atoms with Gasteiger partial charge in [0.25, 0.3) is 0 Å². The minimum absolute atomic E-state index is 0.204. The van der Waals surface area contributed by atoms with Gasteiger partial charge in [-0.2, -0.15) is 0 Å². The number of esters is 1. The summed E-state index contributed by atoms with van der Waals surface area (Å²) in [5.74, 6) is 0.852. The lowest BCUT2D eigenvalue weighted by Crippen LogP contribution is -2.05. The van der Waals surface area contributed by atoms with Gasteiger partial charge in [-0.1, -0.05) is 36.0 Å². The van der Waals surface area contributed by atoms with E-state index in [4.69, 9.17) is 14.5 Å². The number of aromatic nitrogens is 2. The van der Waals surface area contributed by atoms with Crippen LogP contribution in [0.5, 0.6) is 5.75 Å². The van der Waals surface area contributed by atoms with E-state index in [-0.39, 0.29) is 11.8 Å². The average molecular weight is 479 g/mol. The summed E-state index contributed by atoms with van der Waals surface area (Å²) >= 11 is 1.56. The van der Waals surface area contributed by atoms with Crippen molar-refractivity contribution in [3.63, 3.8) is 0 Å². The molecule has 7 heteroatoms. The van der Waals surface area contributed by atoms with E-state index in [1.54, 1.807) is 57.0 Å². The van der Waals surface area contributed by atoms with Crippen LogP contribution in [0.3, 0.4) is 0 Å². The Kier molecular flexibility index (Phi) is 7.53. The Balaban J connectivity index is 1.62. The minimum atomic E-state index is -0.360. The number of hydrogen-bond donors (Lipinski definition) is 0. The SMILES string of the molecule is CCOC(=O)c1ccc2c(c1)nc(SCc1ccc(C)c(F)c1)n2CCc1ccc(OC)cc1. The lowest BCUT2D eigenvalue weighted by Gasteiger charge is -2.10. The van der Waals surface area contributed by atoms with Crippen molar-refractivity contribution < 1.29 is 18.7 Å². The van der Waals surface area contributed by atoms with E-state index in [9.17, 15) is 9.18 Å². The molecule has 0 amide bonds. The number of methoxy groups -OCH3 is 1. The van der Waals surface area contributed by atoms with Crippen LogP contribution in [-0.4, -0.2) is 29.2 Å². The van der Waals surface area contributed by atoms with Gasteiger partial charge in [0.1, 0.15) is 11.6 Å². The van der Waals surface area contributed by atoms with Crippen LogP contribution in [0.4, 0.5) is 4.39 Å². The van der Waals surface area contributed by atoms with Crippen LogP contribution < -0.4 is 4.74 Å². The first-order valence-electron chi connectivity index (χ1n) is 11.2. The van der Waals surface area contributed by atoms with Gasteiger partial charge in [0.15, 0.2) is 5.16 Å². The maximum Gasteiger partial charge on any atom is 0.338 e. The number of nitrogens with zero attached hydrogens (tertiary/aromatic N) is 2. The molecule has 0 bridgehead atoms. The van der Waals surface area contributed by atoms with Gasteiger partial charge in [-0.3, -0.25) is 0 Å². The molecule has 176 valence electrons. The van der Waals surface area contributed by atoms with Gasteiger partial charge in [0.05, 0.1) is 30.3 Å². The molecule has 0 aliphatic heterocycles. The number of ether oxygens (including phenoxy) is 2. The summed E-state index contributed by atoms with van der Waals surface area (Å²) in [6.07, 6.45) is 0.807. The predicted octanol–water partition coefficient (Wildman–Crippen LogP) is 6.20. The number of benzene rings is 3. The second-order valence-electron chi connectivity index (χ2n) is 7.94. The molecule has 1 aromatic heterocycles. The molecule has 3 aromatic carbocycles. The second-order valence-corrected chi connectivity index (χ2v) is 8.88. The molecule has 0 N–H and O–H groups in total. The number of rotatable bonds is 9. The van der Waals surface area contributed by atoms with Gasteiger partial charge < -0.3 is 14.0 Å². The zero-order chi connectivity index (χ0) is 24.1. The molecule has 1 heterocycles. The molecule has 0 aliphatic carbocycles. The molecule has 0 fully saturated rings. The first kappa shape index (κ1) is 23.8. The van der Waals surface area contributed by atoms with Crippen LogP contribution in [0.1, 0.15) is 34.0 Å². The number of fused-ring (bicyclic) bond motifs is 1. The third-order valence-electron chi connectivity index (χ3n) is 5.61. The van der Waals surface area contributed by atoms with Crippen LogP contribution in [0.25, 0.3) is 11.0 Å². The molecule has 0 radical (unpaired) electrons. The van der Waals surface area contributed by atoms with Crippen LogP contribution in [0, 0.1) is 12.7 Å². The molecular weight excluding hydrogens is 451 g/mol. The molecule has 0 atom stereocenters. The molecule has 0 unspecified atom stereocenters. The Hall–Kier alpha value is -3.32. The molecule has 0 saturated carbocycles. The summed E-state index contributed by atoms with van der Waals surface area (Å²) in [6.45, 7) is 4.58. The zero-order valence-corrected chi connectivity index (χ0v) is 20.3. The highest BCUT2D eigenvalue weighted by Gasteiger charge is 2.15. The molecule has 0 spiro atoms. The van der Waals surface area contributed by atoms with E-state index >= 15 is 0 Å². The highest BCUT2D eigenvalue weighted by molar-refractivity contribution is 7.98. The Morgan fingerprint density at radius 2 is 1.82 bits per heavy atom. The first-order valence-corrected chi connectivity index (χ1v) is 12.1. The Labute approximate surface area is 202 Å². The summed E-state index contributed by atoms with van der Waals surface area (Å²) in [5.41, 5.74) is 4.87. The lowest BCUT2D eigenvalue weighted by atomic mass is 10.1. The van der Waals surface area contributed by atoms with E-state index in [0.717, 1.165) is 33.9 Å². The van der Waals surface area contributed by atoms with E-state index in [1.165, 1.54) is 5.56 Å². The molecule has 0 saturated heterocycles. The standard InChI is InChI=1S/C27H27FN2O3S/c1-4-33-26(31)21-9-12-25-24(16-21)29-27(34-17-20-6-5-18(2)23(28)15-20)30(25)14-13-19-7-10-22(32-3)11-8-19/h5-12,15-16H,4,13-14,17H2,1-3H3. The first-order chi connectivity index (χ1) is 16.5. The molecule has 0 aliphatic rings. The molecule has 4 aromatic rings. The number of imidazole rings is 1. The number of aryl methyl sites for hydroxylation is 3. The summed E-state index contributed by atoms with van der Waals surface area (Å²) in [5, 5.41) is 0.825. The maximum atomic E-state index is 14.0. The fraction of sp³-hybridized carbons (Fsp3) is 0.259. The number of hydrogen-bond acceptors (Lipinski definition) is 5. The monoisotopic (exact) mass is 478 g/mol. The Morgan fingerprint density at radius 3 is 2.53 bits per heavy atom. The Morgan fingerprint density at radius 1 is 1.06 bits per heavy atom. The number of carbonyl (C=O) groups excluding carboxylic acids is 1. The van der Waals surface area contributed by atoms with Crippen molar-refractivity contribution in [2.45, 2.75) is 37.7 Å². The second kappa shape index (κ2) is 10.7. The number of carbonyl (C=O) groups is 1. The van der Waals surface area contributed by atoms with Crippen molar-refractivity contribution in [3.05, 3.63) is 88.7 Å². The summed E-state index contributed by atoms with van der Waals surface area (Å²) in [7, 11) is 1.65. The summed E-state index contributed by atoms with van der Waals surface area (Å²) in [4.78, 5) is 17.0. The third-order valence-corrected chi connectivity index (χ3v) is 6.66. The van der Waals surface area contributed by atoms with Gasteiger partial charge in [-0.05, 0) is 73.4 Å².